The van der Waals surface area contributed by atoms with Gasteiger partial charge in [-0.05, 0) is 74.4 Å². The van der Waals surface area contributed by atoms with Gasteiger partial charge in [0.25, 0.3) is 0 Å². The van der Waals surface area contributed by atoms with E-state index in [-0.39, 0.29) is 22.3 Å². The number of hydrogen-bond donors (Lipinski definition) is 3. The van der Waals surface area contributed by atoms with Crippen molar-refractivity contribution in [1.29, 1.82) is 0 Å². The Kier molecular flexibility index (Phi) is 7.74. The fourth-order valence-electron chi connectivity index (χ4n) is 6.80. The molecule has 5 rings (SSSR count). The molecule has 5 unspecified atom stereocenters. The van der Waals surface area contributed by atoms with Crippen molar-refractivity contribution in [3.05, 3.63) is 63.4 Å². The van der Waals surface area contributed by atoms with Gasteiger partial charge in [-0.2, -0.15) is 0 Å². The molecule has 2 aromatic carbocycles. The van der Waals surface area contributed by atoms with Gasteiger partial charge >= 0.3 is 0 Å². The summed E-state index contributed by atoms with van der Waals surface area (Å²) in [6, 6.07) is 8.68. The van der Waals surface area contributed by atoms with Crippen LogP contribution in [0, 0.1) is 11.2 Å². The first-order valence-electron chi connectivity index (χ1n) is 14.0. The Hall–Kier alpha value is -2.23. The minimum Gasteiger partial charge on any atom is -0.355 e. The van der Waals surface area contributed by atoms with Crippen molar-refractivity contribution in [1.82, 2.24) is 10.6 Å². The predicted octanol–water partition coefficient (Wildman–Crippen LogP) is 5.93. The first-order chi connectivity index (χ1) is 19.0. The maximum atomic E-state index is 15.0. The lowest BCUT2D eigenvalue weighted by atomic mass is 9.62. The molecule has 3 aliphatic rings. The van der Waals surface area contributed by atoms with Crippen LogP contribution in [-0.4, -0.2) is 48.4 Å². The molecule has 222 valence electrons. The molecule has 2 aromatic rings. The molecule has 0 bridgehead atoms. The van der Waals surface area contributed by atoms with Crippen LogP contribution < -0.4 is 16.0 Å². The van der Waals surface area contributed by atoms with Crippen LogP contribution in [0.25, 0.3) is 0 Å². The minimum absolute atomic E-state index is 0.0807. The summed E-state index contributed by atoms with van der Waals surface area (Å²) >= 11 is 12.6. The summed E-state index contributed by atoms with van der Waals surface area (Å²) in [6.45, 7) is 12.7. The maximum absolute atomic E-state index is 15.0. The van der Waals surface area contributed by atoms with Crippen molar-refractivity contribution in [3.8, 4) is 0 Å². The van der Waals surface area contributed by atoms with Crippen molar-refractivity contribution in [3.63, 3.8) is 0 Å². The van der Waals surface area contributed by atoms with Crippen LogP contribution in [0.4, 0.5) is 10.1 Å². The van der Waals surface area contributed by atoms with E-state index in [9.17, 15) is 9.59 Å². The highest BCUT2D eigenvalue weighted by molar-refractivity contribution is 6.31. The number of carbonyl (C=O) groups excluding carboxylic acids is 2. The number of ether oxygens (including phenoxy) is 2. The van der Waals surface area contributed by atoms with E-state index in [4.69, 9.17) is 32.7 Å². The van der Waals surface area contributed by atoms with Gasteiger partial charge in [-0.3, -0.25) is 9.59 Å². The van der Waals surface area contributed by atoms with Gasteiger partial charge in [-0.1, -0.05) is 56.1 Å². The zero-order chi connectivity index (χ0) is 30.0. The van der Waals surface area contributed by atoms with E-state index in [2.05, 4.69) is 36.7 Å². The number of benzene rings is 2. The quantitative estimate of drug-likeness (QED) is 0.380. The van der Waals surface area contributed by atoms with Gasteiger partial charge in [0.05, 0.1) is 23.3 Å². The zero-order valence-electron chi connectivity index (χ0n) is 24.3. The van der Waals surface area contributed by atoms with Gasteiger partial charge in [0.1, 0.15) is 11.2 Å². The Labute approximate surface area is 250 Å². The fraction of sp³-hybridized carbons (Fsp3) is 0.548. The van der Waals surface area contributed by atoms with Gasteiger partial charge < -0.3 is 25.4 Å². The molecule has 0 aliphatic carbocycles. The summed E-state index contributed by atoms with van der Waals surface area (Å²) in [6.07, 6.45) is 1.09. The molecule has 2 amide bonds. The summed E-state index contributed by atoms with van der Waals surface area (Å²) in [5, 5.41) is 9.95. The molecular weight excluding hydrogens is 568 g/mol. The van der Waals surface area contributed by atoms with Crippen LogP contribution >= 0.6 is 23.2 Å². The number of rotatable bonds is 6. The third-order valence-electron chi connectivity index (χ3n) is 8.36. The molecule has 2 fully saturated rings. The second-order valence-corrected chi connectivity index (χ2v) is 14.3. The van der Waals surface area contributed by atoms with Crippen LogP contribution in [0.15, 0.2) is 36.4 Å². The molecule has 3 N–H and O–H groups in total. The number of amides is 2. The molecule has 10 heteroatoms. The lowest BCUT2D eigenvalue weighted by molar-refractivity contribution is -0.158. The molecule has 7 nitrogen and oxygen atoms in total. The second kappa shape index (κ2) is 10.5. The average Bonchev–Trinajstić information content (AvgIpc) is 3.43. The van der Waals surface area contributed by atoms with Crippen LogP contribution in [0.2, 0.25) is 10.0 Å². The Morgan fingerprint density at radius 2 is 1.90 bits per heavy atom. The fourth-order valence-corrected chi connectivity index (χ4v) is 7.16. The first-order valence-corrected chi connectivity index (χ1v) is 14.7. The maximum Gasteiger partial charge on any atom is 0.237 e. The van der Waals surface area contributed by atoms with Crippen LogP contribution in [-0.2, 0) is 24.5 Å². The molecule has 1 spiro atoms. The SMILES string of the molecule is CC(C)(C)CC1NC(C(=O)NCCC2(C)COC(C)(C)O2)C(c2cccc(Cl)c2)C12C(=O)Nc1cc(Cl)c(F)cc12. The molecule has 0 aromatic heterocycles. The lowest BCUT2D eigenvalue weighted by Crippen LogP contribution is -2.49. The van der Waals surface area contributed by atoms with Gasteiger partial charge in [-0.15, -0.1) is 0 Å². The number of anilines is 1. The molecule has 41 heavy (non-hydrogen) atoms. The molecular formula is C31H38Cl2FN3O4. The largest absolute Gasteiger partial charge is 0.355 e. The third-order valence-corrected chi connectivity index (χ3v) is 8.89. The van der Waals surface area contributed by atoms with Crippen molar-refractivity contribution in [2.24, 2.45) is 5.41 Å². The number of fused-ring (bicyclic) bond motifs is 2. The molecule has 3 aliphatic heterocycles. The van der Waals surface area contributed by atoms with Gasteiger partial charge in [-0.25, -0.2) is 4.39 Å². The Morgan fingerprint density at radius 1 is 1.17 bits per heavy atom. The lowest BCUT2D eigenvalue weighted by Gasteiger charge is -2.37. The Balaban J connectivity index is 1.56. The van der Waals surface area contributed by atoms with E-state index in [0.29, 0.717) is 47.8 Å². The third kappa shape index (κ3) is 5.62. The number of carbonyl (C=O) groups is 2. The van der Waals surface area contributed by atoms with Gasteiger partial charge in [0, 0.05) is 29.2 Å². The summed E-state index contributed by atoms with van der Waals surface area (Å²) in [5.74, 6) is -2.55. The zero-order valence-corrected chi connectivity index (χ0v) is 25.8. The molecule has 0 saturated carbocycles. The van der Waals surface area contributed by atoms with Crippen molar-refractivity contribution in [2.45, 2.75) is 89.2 Å². The van der Waals surface area contributed by atoms with E-state index in [0.717, 1.165) is 0 Å². The Bertz CT molecular complexity index is 1380. The number of nitrogens with one attached hydrogen (secondary N) is 3. The van der Waals surface area contributed by atoms with Crippen molar-refractivity contribution in [2.75, 3.05) is 18.5 Å². The van der Waals surface area contributed by atoms with E-state index < -0.39 is 40.6 Å². The standard InChI is InChI=1S/C31H38Cl2FN3O4/c1-28(2,3)15-23-31(19-13-21(34)20(33)14-22(19)36-27(31)39)24(17-8-7-9-18(32)12-17)25(37-23)26(38)35-11-10-30(6)16-40-29(4,5)41-30/h7-9,12-14,23-25,37H,10-11,15-16H2,1-6H3,(H,35,38)(H,36,39). The number of hydrogen-bond acceptors (Lipinski definition) is 5. The second-order valence-electron chi connectivity index (χ2n) is 13.4. The summed E-state index contributed by atoms with van der Waals surface area (Å²) < 4.78 is 26.9. The van der Waals surface area contributed by atoms with Gasteiger partial charge in [0.15, 0.2) is 5.79 Å². The molecule has 0 radical (unpaired) electrons. The molecule has 2 saturated heterocycles. The first kappa shape index (κ1) is 30.2. The van der Waals surface area contributed by atoms with E-state index in [1.165, 1.54) is 12.1 Å². The average molecular weight is 607 g/mol. The van der Waals surface area contributed by atoms with Gasteiger partial charge in [0.2, 0.25) is 11.8 Å². The molecule has 3 heterocycles. The van der Waals surface area contributed by atoms with Crippen LogP contribution in [0.3, 0.4) is 0 Å². The predicted molar refractivity (Wildman–Crippen MR) is 158 cm³/mol. The van der Waals surface area contributed by atoms with Crippen molar-refractivity contribution >= 4 is 40.7 Å². The highest BCUT2D eigenvalue weighted by Gasteiger charge is 2.66. The molecule has 5 atom stereocenters. The smallest absolute Gasteiger partial charge is 0.237 e. The summed E-state index contributed by atoms with van der Waals surface area (Å²) in [7, 11) is 0. The topological polar surface area (TPSA) is 88.7 Å². The van der Waals surface area contributed by atoms with Crippen LogP contribution in [0.5, 0.6) is 0 Å². The highest BCUT2D eigenvalue weighted by atomic mass is 35.5. The minimum atomic E-state index is -1.29. The van der Waals surface area contributed by atoms with Crippen molar-refractivity contribution < 1.29 is 23.5 Å². The number of halogens is 3. The Morgan fingerprint density at radius 3 is 2.54 bits per heavy atom. The van der Waals surface area contributed by atoms with E-state index in [1.54, 1.807) is 18.2 Å². The van der Waals surface area contributed by atoms with E-state index >= 15 is 4.39 Å². The van der Waals surface area contributed by atoms with Crippen LogP contribution in [0.1, 0.15) is 71.4 Å². The summed E-state index contributed by atoms with van der Waals surface area (Å²) in [4.78, 5) is 28.2. The monoisotopic (exact) mass is 605 g/mol. The summed E-state index contributed by atoms with van der Waals surface area (Å²) in [5.41, 5.74) is -0.407. The highest BCUT2D eigenvalue weighted by Crippen LogP contribution is 2.57. The normalized spacial score (nSPS) is 30.5. The van der Waals surface area contributed by atoms with E-state index in [1.807, 2.05) is 26.8 Å².